The molecule has 1 heterocycles. The average molecular weight is 437 g/mol. The molecule has 0 aliphatic rings. The maximum atomic E-state index is 13.1. The Kier molecular flexibility index (Phi) is 5.65. The van der Waals surface area contributed by atoms with E-state index in [0.29, 0.717) is 15.8 Å². The van der Waals surface area contributed by atoms with Gasteiger partial charge in [0.15, 0.2) is 0 Å². The summed E-state index contributed by atoms with van der Waals surface area (Å²) in [5.41, 5.74) is 0.659. The number of hydrogen-bond donors (Lipinski definition) is 1. The molecule has 0 bridgehead atoms. The van der Waals surface area contributed by atoms with Crippen molar-refractivity contribution in [3.05, 3.63) is 82.7 Å². The summed E-state index contributed by atoms with van der Waals surface area (Å²) in [7, 11) is -3.65. The van der Waals surface area contributed by atoms with Gasteiger partial charge in [0, 0.05) is 29.3 Å². The summed E-state index contributed by atoms with van der Waals surface area (Å²) in [6.45, 7) is 0.0803. The smallest absolute Gasteiger partial charge is 0.241 e. The fourth-order valence-corrected chi connectivity index (χ4v) is 4.16. The van der Waals surface area contributed by atoms with E-state index in [0.717, 1.165) is 0 Å². The third-order valence-corrected chi connectivity index (χ3v) is 5.82. The van der Waals surface area contributed by atoms with Crippen molar-refractivity contribution in [2.24, 2.45) is 0 Å². The lowest BCUT2D eigenvalue weighted by Gasteiger charge is -2.09. The zero-order valence-electron chi connectivity index (χ0n) is 13.4. The molecule has 3 rings (SSSR count). The van der Waals surface area contributed by atoms with Gasteiger partial charge in [0.25, 0.3) is 0 Å². The molecule has 0 spiro atoms. The SMILES string of the molecule is O=S(=O)(NCc1ccc(Oc2cccc(F)c2)nc1)c1ccccc1Br. The summed E-state index contributed by atoms with van der Waals surface area (Å²) in [4.78, 5) is 4.27. The largest absolute Gasteiger partial charge is 0.439 e. The molecular formula is C18H14BrFN2O3S. The monoisotopic (exact) mass is 436 g/mol. The van der Waals surface area contributed by atoms with Crippen LogP contribution in [-0.4, -0.2) is 13.4 Å². The predicted octanol–water partition coefficient (Wildman–Crippen LogP) is 4.25. The second-order valence-corrected chi connectivity index (χ2v) is 7.91. The Morgan fingerprint density at radius 2 is 1.88 bits per heavy atom. The van der Waals surface area contributed by atoms with Crippen LogP contribution in [0.3, 0.4) is 0 Å². The minimum absolute atomic E-state index is 0.0803. The van der Waals surface area contributed by atoms with Crippen LogP contribution in [0.1, 0.15) is 5.56 Å². The molecule has 0 saturated carbocycles. The van der Waals surface area contributed by atoms with E-state index >= 15 is 0 Å². The van der Waals surface area contributed by atoms with Gasteiger partial charge < -0.3 is 4.74 Å². The summed E-state index contributed by atoms with van der Waals surface area (Å²) in [6.07, 6.45) is 1.50. The van der Waals surface area contributed by atoms with Gasteiger partial charge in [-0.25, -0.2) is 22.5 Å². The molecule has 3 aromatic rings. The van der Waals surface area contributed by atoms with Gasteiger partial charge in [-0.15, -0.1) is 0 Å². The lowest BCUT2D eigenvalue weighted by Crippen LogP contribution is -2.23. The van der Waals surface area contributed by atoms with Crippen molar-refractivity contribution in [2.45, 2.75) is 11.4 Å². The molecule has 2 aromatic carbocycles. The summed E-state index contributed by atoms with van der Waals surface area (Å²) < 4.78 is 46.3. The normalized spacial score (nSPS) is 11.3. The fourth-order valence-electron chi connectivity index (χ4n) is 2.15. The summed E-state index contributed by atoms with van der Waals surface area (Å²) in [5, 5.41) is 0. The molecule has 0 amide bonds. The minimum atomic E-state index is -3.65. The van der Waals surface area contributed by atoms with Gasteiger partial charge in [-0.05, 0) is 45.8 Å². The first-order chi connectivity index (χ1) is 12.4. The van der Waals surface area contributed by atoms with Crippen LogP contribution in [0.2, 0.25) is 0 Å². The molecular weight excluding hydrogens is 423 g/mol. The molecule has 1 aromatic heterocycles. The number of sulfonamides is 1. The summed E-state index contributed by atoms with van der Waals surface area (Å²) in [6, 6.07) is 15.6. The Morgan fingerprint density at radius 1 is 1.08 bits per heavy atom. The highest BCUT2D eigenvalue weighted by atomic mass is 79.9. The Morgan fingerprint density at radius 3 is 2.58 bits per heavy atom. The molecule has 0 unspecified atom stereocenters. The van der Waals surface area contributed by atoms with Crippen molar-refractivity contribution in [3.8, 4) is 11.6 Å². The van der Waals surface area contributed by atoms with Crippen molar-refractivity contribution in [2.75, 3.05) is 0 Å². The fraction of sp³-hybridized carbons (Fsp3) is 0.0556. The Hall–Kier alpha value is -2.29. The standard InChI is InChI=1S/C18H14BrFN2O3S/c19-16-6-1-2-7-17(16)26(23,24)22-12-13-8-9-18(21-11-13)25-15-5-3-4-14(20)10-15/h1-11,22H,12H2. The predicted molar refractivity (Wildman–Crippen MR) is 98.9 cm³/mol. The molecule has 1 N–H and O–H groups in total. The number of rotatable bonds is 6. The number of ether oxygens (including phenoxy) is 1. The molecule has 26 heavy (non-hydrogen) atoms. The molecule has 0 aliphatic heterocycles. The number of hydrogen-bond acceptors (Lipinski definition) is 4. The van der Waals surface area contributed by atoms with Crippen LogP contribution < -0.4 is 9.46 Å². The highest BCUT2D eigenvalue weighted by molar-refractivity contribution is 9.10. The first-order valence-corrected chi connectivity index (χ1v) is 9.84. The zero-order chi connectivity index (χ0) is 18.6. The van der Waals surface area contributed by atoms with Gasteiger partial charge in [-0.1, -0.05) is 24.3 Å². The number of nitrogens with zero attached hydrogens (tertiary/aromatic N) is 1. The van der Waals surface area contributed by atoms with Crippen LogP contribution in [0.4, 0.5) is 4.39 Å². The van der Waals surface area contributed by atoms with Crippen molar-refractivity contribution in [1.82, 2.24) is 9.71 Å². The highest BCUT2D eigenvalue weighted by Gasteiger charge is 2.16. The maximum absolute atomic E-state index is 13.1. The van der Waals surface area contributed by atoms with E-state index in [9.17, 15) is 12.8 Å². The van der Waals surface area contributed by atoms with Gasteiger partial charge in [0.2, 0.25) is 15.9 Å². The van der Waals surface area contributed by atoms with Crippen LogP contribution in [-0.2, 0) is 16.6 Å². The van der Waals surface area contributed by atoms with E-state index in [2.05, 4.69) is 25.6 Å². The van der Waals surface area contributed by atoms with Gasteiger partial charge in [0.1, 0.15) is 11.6 Å². The Labute approximate surface area is 159 Å². The third kappa shape index (κ3) is 4.66. The second kappa shape index (κ2) is 7.94. The van der Waals surface area contributed by atoms with E-state index in [1.165, 1.54) is 30.5 Å². The third-order valence-electron chi connectivity index (χ3n) is 3.41. The summed E-state index contributed by atoms with van der Waals surface area (Å²) >= 11 is 3.23. The van der Waals surface area contributed by atoms with Gasteiger partial charge in [-0.3, -0.25) is 0 Å². The van der Waals surface area contributed by atoms with Crippen LogP contribution in [0.15, 0.2) is 76.2 Å². The molecule has 5 nitrogen and oxygen atoms in total. The van der Waals surface area contributed by atoms with E-state index in [1.54, 1.807) is 36.4 Å². The molecule has 0 saturated heterocycles. The molecule has 8 heteroatoms. The summed E-state index contributed by atoms with van der Waals surface area (Å²) in [5.74, 6) is 0.216. The van der Waals surface area contributed by atoms with E-state index < -0.39 is 15.8 Å². The lowest BCUT2D eigenvalue weighted by molar-refractivity contribution is 0.457. The number of halogens is 2. The number of pyridine rings is 1. The average Bonchev–Trinajstić information content (AvgIpc) is 2.61. The highest BCUT2D eigenvalue weighted by Crippen LogP contribution is 2.22. The van der Waals surface area contributed by atoms with Crippen molar-refractivity contribution < 1.29 is 17.5 Å². The number of benzene rings is 2. The van der Waals surface area contributed by atoms with E-state index in [-0.39, 0.29) is 17.3 Å². The molecule has 0 aliphatic carbocycles. The molecule has 0 atom stereocenters. The molecule has 134 valence electrons. The number of nitrogens with one attached hydrogen (secondary N) is 1. The van der Waals surface area contributed by atoms with Gasteiger partial charge in [0.05, 0.1) is 4.90 Å². The number of aromatic nitrogens is 1. The first kappa shape index (κ1) is 18.5. The first-order valence-electron chi connectivity index (χ1n) is 7.56. The maximum Gasteiger partial charge on any atom is 0.241 e. The van der Waals surface area contributed by atoms with Gasteiger partial charge >= 0.3 is 0 Å². The molecule has 0 radical (unpaired) electrons. The second-order valence-electron chi connectivity index (χ2n) is 5.32. The lowest BCUT2D eigenvalue weighted by atomic mass is 10.3. The van der Waals surface area contributed by atoms with Crippen molar-refractivity contribution in [3.63, 3.8) is 0 Å². The van der Waals surface area contributed by atoms with Gasteiger partial charge in [-0.2, -0.15) is 0 Å². The quantitative estimate of drug-likeness (QED) is 0.626. The Balaban J connectivity index is 1.65. The molecule has 0 fully saturated rings. The van der Waals surface area contributed by atoms with Crippen LogP contribution >= 0.6 is 15.9 Å². The Bertz CT molecular complexity index is 1010. The van der Waals surface area contributed by atoms with Crippen LogP contribution in [0.25, 0.3) is 0 Å². The van der Waals surface area contributed by atoms with Crippen LogP contribution in [0, 0.1) is 5.82 Å². The minimum Gasteiger partial charge on any atom is -0.439 e. The topological polar surface area (TPSA) is 68.3 Å². The van der Waals surface area contributed by atoms with Crippen LogP contribution in [0.5, 0.6) is 11.6 Å². The zero-order valence-corrected chi connectivity index (χ0v) is 15.8. The van der Waals surface area contributed by atoms with Crippen molar-refractivity contribution in [1.29, 1.82) is 0 Å². The van der Waals surface area contributed by atoms with E-state index in [4.69, 9.17) is 4.74 Å². The van der Waals surface area contributed by atoms with Crippen molar-refractivity contribution >= 4 is 26.0 Å². The van der Waals surface area contributed by atoms with E-state index in [1.807, 2.05) is 0 Å².